The van der Waals surface area contributed by atoms with E-state index in [4.69, 9.17) is 10.5 Å². The minimum Gasteiger partial charge on any atom is -0.453 e. The van der Waals surface area contributed by atoms with Crippen LogP contribution in [-0.4, -0.2) is 25.3 Å². The molecule has 0 aromatic carbocycles. The lowest BCUT2D eigenvalue weighted by Crippen LogP contribution is -2.12. The van der Waals surface area contributed by atoms with Crippen molar-refractivity contribution in [3.8, 4) is 0 Å². The summed E-state index contributed by atoms with van der Waals surface area (Å²) in [5, 5.41) is 4.00. The zero-order valence-electron chi connectivity index (χ0n) is 10.3. The maximum atomic E-state index is 11.8. The quantitative estimate of drug-likeness (QED) is 0.800. The number of nitrogen functional groups attached to an aromatic ring is 1. The largest absolute Gasteiger partial charge is 0.453 e. The van der Waals surface area contributed by atoms with Crippen LogP contribution in [0, 0.1) is 0 Å². The first-order chi connectivity index (χ1) is 8.61. The molecule has 0 spiro atoms. The van der Waals surface area contributed by atoms with Crippen molar-refractivity contribution in [3.05, 3.63) is 30.1 Å². The zero-order chi connectivity index (χ0) is 13.1. The fourth-order valence-corrected chi connectivity index (χ4v) is 1.66. The average Bonchev–Trinajstić information content (AvgIpc) is 2.92. The number of anilines is 1. The van der Waals surface area contributed by atoms with Crippen LogP contribution in [0.5, 0.6) is 0 Å². The Morgan fingerprint density at radius 2 is 2.33 bits per heavy atom. The summed E-state index contributed by atoms with van der Waals surface area (Å²) < 4.78 is 8.47. The van der Waals surface area contributed by atoms with Crippen molar-refractivity contribution >= 4 is 11.7 Å². The van der Waals surface area contributed by atoms with E-state index in [2.05, 4.69) is 10.1 Å². The van der Waals surface area contributed by atoms with Crippen LogP contribution in [0.1, 0.15) is 23.2 Å². The van der Waals surface area contributed by atoms with Gasteiger partial charge in [0.25, 0.3) is 0 Å². The highest BCUT2D eigenvalue weighted by Crippen LogP contribution is 2.10. The van der Waals surface area contributed by atoms with Crippen molar-refractivity contribution in [1.82, 2.24) is 19.3 Å². The van der Waals surface area contributed by atoms with Gasteiger partial charge in [-0.2, -0.15) is 5.10 Å². The van der Waals surface area contributed by atoms with Crippen LogP contribution in [0.4, 0.5) is 5.69 Å². The molecule has 2 rings (SSSR count). The second kappa shape index (κ2) is 4.91. The van der Waals surface area contributed by atoms with Gasteiger partial charge in [-0.1, -0.05) is 0 Å². The minimum atomic E-state index is -0.431. The van der Waals surface area contributed by atoms with E-state index in [1.807, 2.05) is 6.92 Å². The lowest BCUT2D eigenvalue weighted by atomic mass is 10.4. The number of aromatic nitrogens is 4. The third-order valence-electron chi connectivity index (χ3n) is 2.56. The molecule has 0 radical (unpaired) electrons. The van der Waals surface area contributed by atoms with Gasteiger partial charge in [0.2, 0.25) is 0 Å². The van der Waals surface area contributed by atoms with Gasteiger partial charge < -0.3 is 15.0 Å². The van der Waals surface area contributed by atoms with E-state index in [-0.39, 0.29) is 6.61 Å². The number of esters is 1. The predicted octanol–water partition coefficient (Wildman–Crippen LogP) is 0.576. The van der Waals surface area contributed by atoms with E-state index in [0.717, 1.165) is 0 Å². The fraction of sp³-hybridized carbons (Fsp3) is 0.364. The number of nitrogens with two attached hydrogens (primary N) is 1. The third kappa shape index (κ3) is 2.34. The van der Waals surface area contributed by atoms with Gasteiger partial charge in [-0.05, 0) is 13.0 Å². The monoisotopic (exact) mass is 249 g/mol. The third-order valence-corrected chi connectivity index (χ3v) is 2.56. The summed E-state index contributed by atoms with van der Waals surface area (Å²) in [5.41, 5.74) is 6.54. The smallest absolute Gasteiger partial charge is 0.355 e. The molecule has 0 fully saturated rings. The molecule has 18 heavy (non-hydrogen) atoms. The molecular weight excluding hydrogens is 234 g/mol. The molecule has 2 heterocycles. The topological polar surface area (TPSA) is 88.0 Å². The molecule has 0 aliphatic heterocycles. The van der Waals surface area contributed by atoms with Crippen LogP contribution in [0.25, 0.3) is 0 Å². The summed E-state index contributed by atoms with van der Waals surface area (Å²) in [6, 6.07) is 1.58. The number of aryl methyl sites for hydroxylation is 2. The van der Waals surface area contributed by atoms with Gasteiger partial charge in [-0.15, -0.1) is 0 Å². The number of hydrogen-bond acceptors (Lipinski definition) is 5. The van der Waals surface area contributed by atoms with Gasteiger partial charge in [0.05, 0.1) is 5.69 Å². The van der Waals surface area contributed by atoms with E-state index < -0.39 is 5.97 Å². The van der Waals surface area contributed by atoms with E-state index in [0.29, 0.717) is 23.8 Å². The first-order valence-electron chi connectivity index (χ1n) is 5.57. The highest BCUT2D eigenvalue weighted by atomic mass is 16.5. The molecule has 96 valence electrons. The number of carbonyl (C=O) groups excluding carboxylic acids is 1. The number of carbonyl (C=O) groups is 1. The molecule has 2 N–H and O–H groups in total. The Morgan fingerprint density at radius 3 is 2.94 bits per heavy atom. The first kappa shape index (κ1) is 12.2. The second-order valence-electron chi connectivity index (χ2n) is 3.84. The summed E-state index contributed by atoms with van der Waals surface area (Å²) >= 11 is 0. The number of nitrogens with zero attached hydrogens (tertiary/aromatic N) is 4. The van der Waals surface area contributed by atoms with Crippen molar-refractivity contribution in [3.63, 3.8) is 0 Å². The predicted molar refractivity (Wildman–Crippen MR) is 64.6 cm³/mol. The first-order valence-corrected chi connectivity index (χ1v) is 5.57. The van der Waals surface area contributed by atoms with Crippen molar-refractivity contribution in [2.24, 2.45) is 7.05 Å². The maximum Gasteiger partial charge on any atom is 0.355 e. The highest BCUT2D eigenvalue weighted by Gasteiger charge is 2.13. The second-order valence-corrected chi connectivity index (χ2v) is 3.84. The number of rotatable bonds is 4. The Hall–Kier alpha value is -2.31. The Kier molecular flexibility index (Phi) is 3.31. The summed E-state index contributed by atoms with van der Waals surface area (Å²) in [6.07, 6.45) is 3.10. The van der Waals surface area contributed by atoms with E-state index in [1.165, 1.54) is 6.33 Å². The number of ether oxygens (including phenoxy) is 1. The van der Waals surface area contributed by atoms with Crippen molar-refractivity contribution in [2.75, 3.05) is 5.73 Å². The Bertz CT molecular complexity index is 558. The summed E-state index contributed by atoms with van der Waals surface area (Å²) in [6.45, 7) is 2.72. The Balaban J connectivity index is 2.03. The Labute approximate surface area is 104 Å². The molecule has 0 saturated heterocycles. The molecule has 0 bridgehead atoms. The molecule has 0 aliphatic rings. The number of hydrogen-bond donors (Lipinski definition) is 1. The van der Waals surface area contributed by atoms with E-state index in [9.17, 15) is 4.79 Å². The highest BCUT2D eigenvalue weighted by molar-refractivity contribution is 5.88. The molecule has 2 aromatic rings. The molecule has 2 aromatic heterocycles. The molecule has 7 heteroatoms. The van der Waals surface area contributed by atoms with Crippen molar-refractivity contribution in [1.29, 1.82) is 0 Å². The van der Waals surface area contributed by atoms with Gasteiger partial charge in [0, 0.05) is 19.8 Å². The summed E-state index contributed by atoms with van der Waals surface area (Å²) in [5.74, 6) is 0.188. The van der Waals surface area contributed by atoms with Crippen LogP contribution in [-0.2, 0) is 24.9 Å². The SMILES string of the molecule is CCn1ncnc1COC(=O)c1cc(N)cn1C. The van der Waals surface area contributed by atoms with Gasteiger partial charge in [0.15, 0.2) is 12.4 Å². The summed E-state index contributed by atoms with van der Waals surface area (Å²) in [4.78, 5) is 15.8. The molecule has 0 atom stereocenters. The average molecular weight is 249 g/mol. The normalized spacial score (nSPS) is 10.6. The van der Waals surface area contributed by atoms with E-state index in [1.54, 1.807) is 28.6 Å². The van der Waals surface area contributed by atoms with Gasteiger partial charge in [-0.25, -0.2) is 14.5 Å². The van der Waals surface area contributed by atoms with Crippen LogP contribution >= 0.6 is 0 Å². The van der Waals surface area contributed by atoms with Crippen LogP contribution in [0.15, 0.2) is 18.6 Å². The lowest BCUT2D eigenvalue weighted by molar-refractivity contribution is 0.0445. The minimum absolute atomic E-state index is 0.0950. The molecule has 7 nitrogen and oxygen atoms in total. The lowest BCUT2D eigenvalue weighted by Gasteiger charge is -2.05. The molecular formula is C11H15N5O2. The maximum absolute atomic E-state index is 11.8. The van der Waals surface area contributed by atoms with E-state index >= 15 is 0 Å². The van der Waals surface area contributed by atoms with Gasteiger partial charge in [-0.3, -0.25) is 0 Å². The summed E-state index contributed by atoms with van der Waals surface area (Å²) in [7, 11) is 1.74. The zero-order valence-corrected chi connectivity index (χ0v) is 10.3. The van der Waals surface area contributed by atoms with Crippen molar-refractivity contribution < 1.29 is 9.53 Å². The van der Waals surface area contributed by atoms with Crippen LogP contribution in [0.2, 0.25) is 0 Å². The van der Waals surface area contributed by atoms with Gasteiger partial charge >= 0.3 is 5.97 Å². The van der Waals surface area contributed by atoms with Crippen LogP contribution < -0.4 is 5.73 Å². The standard InChI is InChI=1S/C11H15N5O2/c1-3-16-10(13-7-14-16)6-18-11(17)9-4-8(12)5-15(9)2/h4-5,7H,3,6,12H2,1-2H3. The van der Waals surface area contributed by atoms with Gasteiger partial charge in [0.1, 0.15) is 12.0 Å². The molecule has 0 unspecified atom stereocenters. The Morgan fingerprint density at radius 1 is 1.56 bits per heavy atom. The molecule has 0 saturated carbocycles. The molecule has 0 aliphatic carbocycles. The fourth-order valence-electron chi connectivity index (χ4n) is 1.66. The van der Waals surface area contributed by atoms with Crippen LogP contribution in [0.3, 0.4) is 0 Å². The molecule has 0 amide bonds. The van der Waals surface area contributed by atoms with Crippen molar-refractivity contribution in [2.45, 2.75) is 20.1 Å².